The summed E-state index contributed by atoms with van der Waals surface area (Å²) in [5, 5.41) is 0. The lowest BCUT2D eigenvalue weighted by Gasteiger charge is -2.15. The molecule has 0 saturated carbocycles. The fraction of sp³-hybridized carbons (Fsp3) is 0.632. The molecule has 0 aliphatic carbocycles. The van der Waals surface area contributed by atoms with E-state index in [-0.39, 0.29) is 11.9 Å². The molecule has 1 atom stereocenters. The molecule has 1 aromatic rings. The molecule has 0 saturated heterocycles. The number of benzene rings is 1. The van der Waals surface area contributed by atoms with Crippen LogP contribution in [0.5, 0.6) is 0 Å². The molecule has 0 aliphatic rings. The van der Waals surface area contributed by atoms with Crippen molar-refractivity contribution in [3.8, 4) is 0 Å². The van der Waals surface area contributed by atoms with Crippen LogP contribution in [0.15, 0.2) is 30.3 Å². The third kappa shape index (κ3) is 7.89. The van der Waals surface area contributed by atoms with Gasteiger partial charge in [-0.15, -0.1) is 0 Å². The van der Waals surface area contributed by atoms with E-state index in [0.29, 0.717) is 6.61 Å². The molecule has 1 rings (SSSR count). The second-order valence-electron chi connectivity index (χ2n) is 5.78. The van der Waals surface area contributed by atoms with Crippen LogP contribution in [-0.4, -0.2) is 5.97 Å². The zero-order valence-corrected chi connectivity index (χ0v) is 13.6. The van der Waals surface area contributed by atoms with E-state index >= 15 is 0 Å². The highest BCUT2D eigenvalue weighted by Gasteiger charge is 2.18. The highest BCUT2D eigenvalue weighted by molar-refractivity contribution is 5.72. The predicted octanol–water partition coefficient (Wildman–Crippen LogP) is 5.51. The average molecular weight is 290 g/mol. The lowest BCUT2D eigenvalue weighted by Crippen LogP contribution is -2.17. The van der Waals surface area contributed by atoms with Crippen molar-refractivity contribution in [1.29, 1.82) is 0 Å². The highest BCUT2D eigenvalue weighted by atomic mass is 16.5. The maximum atomic E-state index is 12.2. The zero-order chi connectivity index (χ0) is 15.3. The Morgan fingerprint density at radius 2 is 1.67 bits per heavy atom. The summed E-state index contributed by atoms with van der Waals surface area (Å²) in [5.74, 6) is 0.0662. The first-order valence-corrected chi connectivity index (χ1v) is 8.48. The van der Waals surface area contributed by atoms with Gasteiger partial charge in [0.15, 0.2) is 0 Å². The van der Waals surface area contributed by atoms with Crippen molar-refractivity contribution in [3.63, 3.8) is 0 Å². The first-order chi connectivity index (χ1) is 10.3. The minimum atomic E-state index is -0.0174. The Kier molecular flexibility index (Phi) is 9.60. The number of hydrogen-bond acceptors (Lipinski definition) is 2. The molecule has 0 N–H and O–H groups in total. The van der Waals surface area contributed by atoms with Gasteiger partial charge >= 0.3 is 5.97 Å². The summed E-state index contributed by atoms with van der Waals surface area (Å²) < 4.78 is 5.48. The Labute approximate surface area is 129 Å². The zero-order valence-electron chi connectivity index (χ0n) is 13.6. The molecule has 0 bridgehead atoms. The van der Waals surface area contributed by atoms with Gasteiger partial charge in [-0.3, -0.25) is 4.79 Å². The van der Waals surface area contributed by atoms with E-state index in [1.54, 1.807) is 0 Å². The summed E-state index contributed by atoms with van der Waals surface area (Å²) in [5.41, 5.74) is 1.06. The van der Waals surface area contributed by atoms with Gasteiger partial charge in [-0.2, -0.15) is 0 Å². The molecule has 1 unspecified atom stereocenters. The number of hydrogen-bond donors (Lipinski definition) is 0. The molecule has 0 amide bonds. The summed E-state index contributed by atoms with van der Waals surface area (Å²) in [6.07, 6.45) is 9.20. The first kappa shape index (κ1) is 17.7. The van der Waals surface area contributed by atoms with Crippen LogP contribution in [0.1, 0.15) is 70.8 Å². The quantitative estimate of drug-likeness (QED) is 0.397. The van der Waals surface area contributed by atoms with E-state index in [1.165, 1.54) is 25.7 Å². The molecule has 2 nitrogen and oxygen atoms in total. The smallest absolute Gasteiger partial charge is 0.309 e. The molecular weight excluding hydrogens is 260 g/mol. The summed E-state index contributed by atoms with van der Waals surface area (Å²) in [6, 6.07) is 9.90. The molecule has 118 valence electrons. The van der Waals surface area contributed by atoms with Crippen LogP contribution in [0.25, 0.3) is 0 Å². The largest absolute Gasteiger partial charge is 0.461 e. The Morgan fingerprint density at radius 3 is 2.33 bits per heavy atom. The lowest BCUT2D eigenvalue weighted by atomic mass is 9.96. The molecule has 0 spiro atoms. The monoisotopic (exact) mass is 290 g/mol. The first-order valence-electron chi connectivity index (χ1n) is 8.48. The predicted molar refractivity (Wildman–Crippen MR) is 88.0 cm³/mol. The van der Waals surface area contributed by atoms with E-state index in [0.717, 1.165) is 31.2 Å². The van der Waals surface area contributed by atoms with Crippen molar-refractivity contribution >= 4 is 5.97 Å². The van der Waals surface area contributed by atoms with Gasteiger partial charge in [-0.1, -0.05) is 82.7 Å². The van der Waals surface area contributed by atoms with E-state index in [9.17, 15) is 4.79 Å². The third-order valence-corrected chi connectivity index (χ3v) is 3.85. The van der Waals surface area contributed by atoms with Crippen LogP contribution < -0.4 is 0 Å². The van der Waals surface area contributed by atoms with Gasteiger partial charge in [-0.25, -0.2) is 0 Å². The minimum absolute atomic E-state index is 0.0174. The van der Waals surface area contributed by atoms with Crippen LogP contribution in [0.2, 0.25) is 0 Å². The fourth-order valence-electron chi connectivity index (χ4n) is 2.57. The normalized spacial score (nSPS) is 12.1. The van der Waals surface area contributed by atoms with Gasteiger partial charge in [0.2, 0.25) is 0 Å². The Hall–Kier alpha value is -1.31. The topological polar surface area (TPSA) is 26.3 Å². The van der Waals surface area contributed by atoms with Crippen molar-refractivity contribution in [2.75, 3.05) is 0 Å². The summed E-state index contributed by atoms with van der Waals surface area (Å²) in [4.78, 5) is 12.2. The maximum Gasteiger partial charge on any atom is 0.309 e. The molecule has 0 radical (unpaired) electrons. The van der Waals surface area contributed by atoms with Crippen molar-refractivity contribution in [2.24, 2.45) is 5.92 Å². The van der Waals surface area contributed by atoms with Gasteiger partial charge in [0.05, 0.1) is 5.92 Å². The number of unbranched alkanes of at least 4 members (excludes halogenated alkanes) is 4. The molecular formula is C19H30O2. The molecule has 1 aromatic carbocycles. The van der Waals surface area contributed by atoms with Gasteiger partial charge in [0, 0.05) is 0 Å². The molecule has 0 heterocycles. The van der Waals surface area contributed by atoms with Crippen molar-refractivity contribution < 1.29 is 9.53 Å². The average Bonchev–Trinajstić information content (AvgIpc) is 2.52. The fourth-order valence-corrected chi connectivity index (χ4v) is 2.57. The number of ether oxygens (including phenoxy) is 1. The molecule has 0 fully saturated rings. The molecule has 2 heteroatoms. The number of esters is 1. The second kappa shape index (κ2) is 11.4. The van der Waals surface area contributed by atoms with E-state index in [4.69, 9.17) is 4.74 Å². The van der Waals surface area contributed by atoms with Crippen LogP contribution in [0.3, 0.4) is 0 Å². The van der Waals surface area contributed by atoms with E-state index < -0.39 is 0 Å². The molecule has 21 heavy (non-hydrogen) atoms. The van der Waals surface area contributed by atoms with Crippen molar-refractivity contribution in [3.05, 3.63) is 35.9 Å². The van der Waals surface area contributed by atoms with Crippen LogP contribution in [0, 0.1) is 5.92 Å². The van der Waals surface area contributed by atoms with Crippen LogP contribution in [0.4, 0.5) is 0 Å². The number of carbonyl (C=O) groups is 1. The summed E-state index contributed by atoms with van der Waals surface area (Å²) in [6.45, 7) is 4.76. The second-order valence-corrected chi connectivity index (χ2v) is 5.78. The Bertz CT molecular complexity index is 372. The van der Waals surface area contributed by atoms with Gasteiger partial charge in [0.25, 0.3) is 0 Å². The standard InChI is InChI=1S/C19H30O2/c1-3-5-6-7-11-15-18(12-4-2)19(20)21-16-17-13-9-8-10-14-17/h8-10,13-14,18H,3-7,11-12,15-16H2,1-2H3. The molecule has 0 aliphatic heterocycles. The number of carbonyl (C=O) groups excluding carboxylic acids is 1. The lowest BCUT2D eigenvalue weighted by molar-refractivity contribution is -0.150. The maximum absolute atomic E-state index is 12.2. The summed E-state index contributed by atoms with van der Waals surface area (Å²) in [7, 11) is 0. The van der Waals surface area contributed by atoms with Crippen molar-refractivity contribution in [2.45, 2.75) is 71.8 Å². The van der Waals surface area contributed by atoms with Gasteiger partial charge < -0.3 is 4.74 Å². The minimum Gasteiger partial charge on any atom is -0.461 e. The summed E-state index contributed by atoms with van der Waals surface area (Å²) >= 11 is 0. The Balaban J connectivity index is 2.31. The van der Waals surface area contributed by atoms with Gasteiger partial charge in [-0.05, 0) is 18.4 Å². The molecule has 0 aromatic heterocycles. The Morgan fingerprint density at radius 1 is 0.952 bits per heavy atom. The number of rotatable bonds is 11. The van der Waals surface area contributed by atoms with E-state index in [2.05, 4.69) is 13.8 Å². The van der Waals surface area contributed by atoms with Gasteiger partial charge in [0.1, 0.15) is 6.61 Å². The van der Waals surface area contributed by atoms with E-state index in [1.807, 2.05) is 30.3 Å². The SMILES string of the molecule is CCCCCCCC(CCC)C(=O)OCc1ccccc1. The van der Waals surface area contributed by atoms with Crippen LogP contribution >= 0.6 is 0 Å². The van der Waals surface area contributed by atoms with Crippen molar-refractivity contribution in [1.82, 2.24) is 0 Å². The van der Waals surface area contributed by atoms with Crippen LogP contribution in [-0.2, 0) is 16.1 Å². The third-order valence-electron chi connectivity index (χ3n) is 3.85. The highest BCUT2D eigenvalue weighted by Crippen LogP contribution is 2.19.